The lowest BCUT2D eigenvalue weighted by Crippen LogP contribution is -2.46. The molecule has 0 spiro atoms. The van der Waals surface area contributed by atoms with Crippen molar-refractivity contribution in [1.29, 1.82) is 0 Å². The van der Waals surface area contributed by atoms with E-state index < -0.39 is 23.7 Å². The van der Waals surface area contributed by atoms with Crippen LogP contribution in [0.2, 0.25) is 0 Å². The van der Waals surface area contributed by atoms with Crippen molar-refractivity contribution < 1.29 is 18.1 Å². The zero-order valence-corrected chi connectivity index (χ0v) is 20.0. The number of urea groups is 1. The molecule has 182 valence electrons. The number of rotatable bonds is 5. The molecule has 2 heterocycles. The summed E-state index contributed by atoms with van der Waals surface area (Å²) in [6.07, 6.45) is 0.876. The summed E-state index contributed by atoms with van der Waals surface area (Å²) in [4.78, 5) is 19.1. The average Bonchev–Trinajstić information content (AvgIpc) is 3.33. The third-order valence-electron chi connectivity index (χ3n) is 6.24. The molecule has 1 aliphatic rings. The van der Waals surface area contributed by atoms with Gasteiger partial charge in [0.1, 0.15) is 11.6 Å². The Hall–Kier alpha value is -4.33. The topological polar surface area (TPSA) is 71.3 Å². The fourth-order valence-corrected chi connectivity index (χ4v) is 4.43. The molecule has 8 heteroatoms. The summed E-state index contributed by atoms with van der Waals surface area (Å²) in [5.74, 6) is -0.974. The number of carbonyl (C=O) groups excluding carboxylic acids is 1. The van der Waals surface area contributed by atoms with Crippen molar-refractivity contribution >= 4 is 17.3 Å². The molecule has 1 atom stereocenters. The lowest BCUT2D eigenvalue weighted by Gasteiger charge is -2.35. The molecule has 0 radical (unpaired) electrons. The van der Waals surface area contributed by atoms with E-state index in [1.165, 1.54) is 4.90 Å². The molecular formula is C28H24F2N4O2. The van der Waals surface area contributed by atoms with Crippen LogP contribution >= 0.6 is 0 Å². The quantitative estimate of drug-likeness (QED) is 0.346. The molecule has 6 nitrogen and oxygen atoms in total. The first kappa shape index (κ1) is 23.4. The predicted octanol–water partition coefficient (Wildman–Crippen LogP) is 6.59. The van der Waals surface area contributed by atoms with Gasteiger partial charge in [-0.2, -0.15) is 4.98 Å². The maximum atomic E-state index is 14.0. The van der Waals surface area contributed by atoms with Gasteiger partial charge in [-0.05, 0) is 49.6 Å². The second kappa shape index (κ2) is 9.37. The van der Waals surface area contributed by atoms with Gasteiger partial charge in [0.15, 0.2) is 0 Å². The number of allylic oxidation sites excluding steroid dienone is 1. The van der Waals surface area contributed by atoms with Gasteiger partial charge in [0.25, 0.3) is 5.89 Å². The van der Waals surface area contributed by atoms with Crippen LogP contribution in [0.25, 0.3) is 17.0 Å². The first-order valence-electron chi connectivity index (χ1n) is 11.6. The molecular weight excluding hydrogens is 462 g/mol. The monoisotopic (exact) mass is 486 g/mol. The summed E-state index contributed by atoms with van der Waals surface area (Å²) in [7, 11) is 0. The highest BCUT2D eigenvalue weighted by Gasteiger charge is 2.36. The number of anilines is 1. The van der Waals surface area contributed by atoms with Gasteiger partial charge in [0.05, 0.1) is 17.3 Å². The van der Waals surface area contributed by atoms with Crippen LogP contribution in [0.3, 0.4) is 0 Å². The fourth-order valence-electron chi connectivity index (χ4n) is 4.43. The van der Waals surface area contributed by atoms with Crippen molar-refractivity contribution in [3.63, 3.8) is 0 Å². The number of hydrogen-bond acceptors (Lipinski definition) is 4. The van der Waals surface area contributed by atoms with Gasteiger partial charge in [0, 0.05) is 17.3 Å². The first-order chi connectivity index (χ1) is 17.3. The van der Waals surface area contributed by atoms with Crippen molar-refractivity contribution in [2.75, 3.05) is 4.90 Å². The lowest BCUT2D eigenvalue weighted by atomic mass is 9.93. The first-order valence-corrected chi connectivity index (χ1v) is 11.6. The van der Waals surface area contributed by atoms with Crippen LogP contribution in [0.4, 0.5) is 19.3 Å². The van der Waals surface area contributed by atoms with Gasteiger partial charge in [-0.1, -0.05) is 60.1 Å². The zero-order valence-electron chi connectivity index (χ0n) is 20.0. The number of aromatic nitrogens is 2. The molecule has 5 rings (SSSR count). The molecule has 0 saturated carbocycles. The van der Waals surface area contributed by atoms with E-state index in [2.05, 4.69) is 22.4 Å². The molecule has 0 saturated heterocycles. The smallest absolute Gasteiger partial charge is 0.327 e. The molecule has 2 amide bonds. The molecule has 1 unspecified atom stereocenters. The SMILES string of the molecule is CCc1ccc(C2NC(=O)N(c3cc(F)cc(F)c3)C(C)=C2c2nc(-c3cccc(C)c3)no2)cc1. The minimum Gasteiger partial charge on any atom is -0.334 e. The molecule has 0 fully saturated rings. The van der Waals surface area contributed by atoms with Crippen molar-refractivity contribution in [1.82, 2.24) is 15.5 Å². The molecule has 3 aromatic carbocycles. The molecule has 36 heavy (non-hydrogen) atoms. The maximum absolute atomic E-state index is 14.0. The number of nitrogens with zero attached hydrogens (tertiary/aromatic N) is 3. The number of aryl methyl sites for hydroxylation is 2. The Morgan fingerprint density at radius 2 is 1.72 bits per heavy atom. The largest absolute Gasteiger partial charge is 0.334 e. The van der Waals surface area contributed by atoms with Crippen LogP contribution in [-0.2, 0) is 6.42 Å². The summed E-state index contributed by atoms with van der Waals surface area (Å²) in [6, 6.07) is 17.4. The number of benzene rings is 3. The van der Waals surface area contributed by atoms with Crippen LogP contribution in [0.5, 0.6) is 0 Å². The number of amides is 2. The van der Waals surface area contributed by atoms with Gasteiger partial charge < -0.3 is 9.84 Å². The van der Waals surface area contributed by atoms with E-state index >= 15 is 0 Å². The summed E-state index contributed by atoms with van der Waals surface area (Å²) < 4.78 is 33.8. The Bertz CT molecular complexity index is 1460. The average molecular weight is 487 g/mol. The number of halogens is 2. The summed E-state index contributed by atoms with van der Waals surface area (Å²) in [5, 5.41) is 7.12. The van der Waals surface area contributed by atoms with Crippen LogP contribution in [0, 0.1) is 18.6 Å². The molecule has 1 aromatic heterocycles. The second-order valence-corrected chi connectivity index (χ2v) is 8.73. The van der Waals surface area contributed by atoms with Gasteiger partial charge in [-0.15, -0.1) is 0 Å². The molecule has 0 bridgehead atoms. The van der Waals surface area contributed by atoms with Crippen molar-refractivity contribution in [3.05, 3.63) is 107 Å². The third kappa shape index (κ3) is 4.37. The summed E-state index contributed by atoms with van der Waals surface area (Å²) in [5.41, 5.74) is 4.82. The van der Waals surface area contributed by atoms with E-state index in [4.69, 9.17) is 4.52 Å². The number of hydrogen-bond donors (Lipinski definition) is 1. The molecule has 4 aromatic rings. The van der Waals surface area contributed by atoms with Crippen LogP contribution in [0.15, 0.2) is 77.0 Å². The van der Waals surface area contributed by atoms with E-state index in [-0.39, 0.29) is 11.6 Å². The Balaban J connectivity index is 1.66. The van der Waals surface area contributed by atoms with Crippen molar-refractivity contribution in [2.45, 2.75) is 33.2 Å². The van der Waals surface area contributed by atoms with Crippen molar-refractivity contribution in [3.8, 4) is 11.4 Å². The Morgan fingerprint density at radius 3 is 2.39 bits per heavy atom. The van der Waals surface area contributed by atoms with E-state index in [9.17, 15) is 13.6 Å². The van der Waals surface area contributed by atoms with E-state index in [1.807, 2.05) is 55.5 Å². The molecule has 0 aliphatic carbocycles. The lowest BCUT2D eigenvalue weighted by molar-refractivity contribution is 0.244. The van der Waals surface area contributed by atoms with E-state index in [0.717, 1.165) is 46.9 Å². The Morgan fingerprint density at radius 1 is 1.00 bits per heavy atom. The van der Waals surface area contributed by atoms with Crippen LogP contribution in [0.1, 0.15) is 42.5 Å². The highest BCUT2D eigenvalue weighted by molar-refractivity contribution is 6.01. The van der Waals surface area contributed by atoms with Crippen LogP contribution < -0.4 is 10.2 Å². The maximum Gasteiger partial charge on any atom is 0.327 e. The van der Waals surface area contributed by atoms with Gasteiger partial charge >= 0.3 is 6.03 Å². The van der Waals surface area contributed by atoms with Gasteiger partial charge in [0.2, 0.25) is 5.82 Å². The van der Waals surface area contributed by atoms with Crippen molar-refractivity contribution in [2.24, 2.45) is 0 Å². The summed E-state index contributed by atoms with van der Waals surface area (Å²) in [6.45, 7) is 5.73. The number of nitrogens with one attached hydrogen (secondary N) is 1. The van der Waals surface area contributed by atoms with E-state index in [1.54, 1.807) is 6.92 Å². The van der Waals surface area contributed by atoms with Crippen LogP contribution in [-0.4, -0.2) is 16.2 Å². The predicted molar refractivity (Wildman–Crippen MR) is 133 cm³/mol. The number of carbonyl (C=O) groups is 1. The summed E-state index contributed by atoms with van der Waals surface area (Å²) >= 11 is 0. The molecule has 1 aliphatic heterocycles. The highest BCUT2D eigenvalue weighted by atomic mass is 19.1. The highest BCUT2D eigenvalue weighted by Crippen LogP contribution is 2.39. The standard InChI is InChI=1S/C28H24F2N4O2/c1-4-18-8-10-19(11-9-18)25-24(27-32-26(33-36-27)20-7-5-6-16(2)12-20)17(3)34(28(35)31-25)23-14-21(29)13-22(30)15-23/h5-15,25H,4H2,1-3H3,(H,31,35). The minimum atomic E-state index is -0.788. The normalized spacial score (nSPS) is 15.9. The zero-order chi connectivity index (χ0) is 25.4. The fraction of sp³-hybridized carbons (Fsp3) is 0.179. The third-order valence-corrected chi connectivity index (χ3v) is 6.24. The molecule has 1 N–H and O–H groups in total. The Kier molecular flexibility index (Phi) is 6.10. The Labute approximate surface area is 207 Å². The van der Waals surface area contributed by atoms with Gasteiger partial charge in [-0.25, -0.2) is 13.6 Å². The second-order valence-electron chi connectivity index (χ2n) is 8.73. The van der Waals surface area contributed by atoms with E-state index in [0.29, 0.717) is 17.1 Å². The van der Waals surface area contributed by atoms with Gasteiger partial charge in [-0.3, -0.25) is 4.90 Å². The minimum absolute atomic E-state index is 0.0539.